The van der Waals surface area contributed by atoms with Gasteiger partial charge in [-0.15, -0.1) is 0 Å². The van der Waals surface area contributed by atoms with Crippen molar-refractivity contribution in [2.45, 2.75) is 51.4 Å². The zero-order valence-corrected chi connectivity index (χ0v) is 12.4. The summed E-state index contributed by atoms with van der Waals surface area (Å²) in [6.07, 6.45) is 0.265. The van der Waals surface area contributed by atoms with Gasteiger partial charge in [0.15, 0.2) is 0 Å². The van der Waals surface area contributed by atoms with Crippen LogP contribution in [0.15, 0.2) is 0 Å². The Morgan fingerprint density at radius 2 is 2.24 bits per heavy atom. The second-order valence-corrected chi connectivity index (χ2v) is 5.93. The van der Waals surface area contributed by atoms with E-state index in [4.69, 9.17) is 9.47 Å². The first kappa shape index (κ1) is 14.5. The number of ether oxygens (including phenoxy) is 2. The zero-order chi connectivity index (χ0) is 13.1. The third-order valence-corrected chi connectivity index (χ3v) is 3.13. The van der Waals surface area contributed by atoms with Crippen LogP contribution in [0, 0.1) is 0 Å². The van der Waals surface area contributed by atoms with E-state index in [2.05, 4.69) is 27.9 Å². The maximum atomic E-state index is 11.5. The summed E-state index contributed by atoms with van der Waals surface area (Å²) < 4.78 is 11.0. The molecule has 1 aliphatic heterocycles. The van der Waals surface area contributed by atoms with E-state index >= 15 is 0 Å². The van der Waals surface area contributed by atoms with Crippen LogP contribution in [-0.2, 0) is 14.3 Å². The van der Waals surface area contributed by atoms with E-state index in [1.54, 1.807) is 20.8 Å². The molecule has 17 heavy (non-hydrogen) atoms. The van der Waals surface area contributed by atoms with Crippen LogP contribution < -0.4 is 5.32 Å². The molecular weight excluding hydrogens is 337 g/mol. The largest absolute Gasteiger partial charge is 0.461 e. The monoisotopic (exact) mass is 355 g/mol. The summed E-state index contributed by atoms with van der Waals surface area (Å²) >= 11 is 2.16. The van der Waals surface area contributed by atoms with Gasteiger partial charge in [-0.05, 0) is 20.8 Å². The number of nitrogens with one attached hydrogen (secondary N) is 1. The molecule has 0 aromatic carbocycles. The van der Waals surface area contributed by atoms with Crippen LogP contribution in [0.4, 0.5) is 4.79 Å². The molecule has 0 aromatic rings. The van der Waals surface area contributed by atoms with E-state index < -0.39 is 11.7 Å². The molecule has 0 saturated carbocycles. The highest BCUT2D eigenvalue weighted by molar-refractivity contribution is 14.1. The lowest BCUT2D eigenvalue weighted by Gasteiger charge is -2.29. The highest BCUT2D eigenvalue weighted by atomic mass is 127. The second-order valence-electron chi connectivity index (χ2n) is 5.05. The maximum absolute atomic E-state index is 11.5. The molecule has 1 N–H and O–H groups in total. The number of carbonyl (C=O) groups excluding carboxylic acids is 2. The van der Waals surface area contributed by atoms with Crippen LogP contribution in [0.25, 0.3) is 0 Å². The SMILES string of the molecule is CC(C)(C)OC(=O)NC1CC(=O)OC(CI)C1. The van der Waals surface area contributed by atoms with Gasteiger partial charge in [-0.1, -0.05) is 22.6 Å². The highest BCUT2D eigenvalue weighted by Crippen LogP contribution is 2.17. The van der Waals surface area contributed by atoms with Crippen molar-refractivity contribution in [1.29, 1.82) is 0 Å². The summed E-state index contributed by atoms with van der Waals surface area (Å²) in [5, 5.41) is 2.70. The van der Waals surface area contributed by atoms with Crippen LogP contribution in [-0.4, -0.2) is 34.2 Å². The van der Waals surface area contributed by atoms with Gasteiger partial charge >= 0.3 is 12.1 Å². The topological polar surface area (TPSA) is 64.6 Å². The predicted octanol–water partition coefficient (Wildman–Crippen LogP) is 2.02. The molecule has 2 unspecified atom stereocenters. The van der Waals surface area contributed by atoms with Gasteiger partial charge in [-0.2, -0.15) is 0 Å². The Hall–Kier alpha value is -0.530. The number of esters is 1. The molecule has 1 aliphatic rings. The summed E-state index contributed by atoms with van der Waals surface area (Å²) in [5.74, 6) is -0.265. The lowest BCUT2D eigenvalue weighted by molar-refractivity contribution is -0.153. The number of cyclic esters (lactones) is 1. The smallest absolute Gasteiger partial charge is 0.407 e. The molecule has 6 heteroatoms. The lowest BCUT2D eigenvalue weighted by atomic mass is 10.0. The fourth-order valence-electron chi connectivity index (χ4n) is 1.56. The molecule has 1 rings (SSSR count). The van der Waals surface area contributed by atoms with Crippen molar-refractivity contribution in [2.75, 3.05) is 4.43 Å². The van der Waals surface area contributed by atoms with E-state index in [1.165, 1.54) is 0 Å². The van der Waals surface area contributed by atoms with Crippen LogP contribution >= 0.6 is 22.6 Å². The average Bonchev–Trinajstić information content (AvgIpc) is 2.13. The van der Waals surface area contributed by atoms with Crippen molar-refractivity contribution < 1.29 is 19.1 Å². The van der Waals surface area contributed by atoms with Crippen molar-refractivity contribution >= 4 is 34.7 Å². The van der Waals surface area contributed by atoms with E-state index in [1.807, 2.05) is 0 Å². The van der Waals surface area contributed by atoms with E-state index in [0.29, 0.717) is 6.42 Å². The van der Waals surface area contributed by atoms with Gasteiger partial charge in [0.05, 0.1) is 6.42 Å². The quantitative estimate of drug-likeness (QED) is 0.468. The lowest BCUT2D eigenvalue weighted by Crippen LogP contribution is -2.45. The Labute approximate surface area is 115 Å². The van der Waals surface area contributed by atoms with E-state index in [0.717, 1.165) is 4.43 Å². The number of alkyl carbamates (subject to hydrolysis) is 1. The molecule has 0 radical (unpaired) electrons. The Morgan fingerprint density at radius 3 is 2.76 bits per heavy atom. The van der Waals surface area contributed by atoms with Crippen LogP contribution in [0.1, 0.15) is 33.6 Å². The number of rotatable bonds is 2. The average molecular weight is 355 g/mol. The van der Waals surface area contributed by atoms with Gasteiger partial charge in [0.25, 0.3) is 0 Å². The van der Waals surface area contributed by atoms with Crippen molar-refractivity contribution in [2.24, 2.45) is 0 Å². The molecule has 5 nitrogen and oxygen atoms in total. The first-order chi connectivity index (χ1) is 7.80. The molecule has 0 aromatic heterocycles. The highest BCUT2D eigenvalue weighted by Gasteiger charge is 2.30. The Bertz CT molecular complexity index is 300. The number of alkyl halides is 1. The first-order valence-electron chi connectivity index (χ1n) is 5.55. The number of halogens is 1. The minimum absolute atomic E-state index is 0.114. The van der Waals surface area contributed by atoms with Crippen LogP contribution in [0.3, 0.4) is 0 Å². The Balaban J connectivity index is 2.45. The summed E-state index contributed by atoms with van der Waals surface area (Å²) in [4.78, 5) is 22.8. The molecule has 0 spiro atoms. The number of hydrogen-bond donors (Lipinski definition) is 1. The first-order valence-corrected chi connectivity index (χ1v) is 7.07. The molecule has 1 fully saturated rings. The van der Waals surface area contributed by atoms with E-state index in [-0.39, 0.29) is 24.5 Å². The molecule has 0 aliphatic carbocycles. The maximum Gasteiger partial charge on any atom is 0.407 e. The minimum atomic E-state index is -0.526. The molecule has 1 saturated heterocycles. The van der Waals surface area contributed by atoms with Crippen LogP contribution in [0.5, 0.6) is 0 Å². The van der Waals surface area contributed by atoms with Crippen molar-refractivity contribution in [3.8, 4) is 0 Å². The van der Waals surface area contributed by atoms with Crippen molar-refractivity contribution in [3.05, 3.63) is 0 Å². The summed E-state index contributed by atoms with van der Waals surface area (Å²) in [6, 6.07) is -0.189. The second kappa shape index (κ2) is 5.88. The number of hydrogen-bond acceptors (Lipinski definition) is 4. The van der Waals surface area contributed by atoms with Gasteiger partial charge in [-0.3, -0.25) is 4.79 Å². The Kier molecular flexibility index (Phi) is 5.03. The van der Waals surface area contributed by atoms with E-state index in [9.17, 15) is 9.59 Å². The number of amides is 1. The molecule has 2 atom stereocenters. The van der Waals surface area contributed by atoms with Crippen molar-refractivity contribution in [3.63, 3.8) is 0 Å². The molecule has 1 heterocycles. The third kappa shape index (κ3) is 5.56. The summed E-state index contributed by atoms with van der Waals surface area (Å²) in [7, 11) is 0. The normalized spacial score (nSPS) is 25.1. The van der Waals surface area contributed by atoms with Crippen molar-refractivity contribution in [1.82, 2.24) is 5.32 Å². The fourth-order valence-corrected chi connectivity index (χ4v) is 2.10. The molecule has 0 bridgehead atoms. The third-order valence-electron chi connectivity index (χ3n) is 2.15. The van der Waals surface area contributed by atoms with Gasteiger partial charge in [-0.25, -0.2) is 4.79 Å². The Morgan fingerprint density at radius 1 is 1.59 bits per heavy atom. The molecular formula is C11H18INO4. The minimum Gasteiger partial charge on any atom is -0.461 e. The van der Waals surface area contributed by atoms with Gasteiger partial charge in [0, 0.05) is 16.9 Å². The summed E-state index contributed by atoms with van der Waals surface area (Å²) in [5.41, 5.74) is -0.526. The fraction of sp³-hybridized carbons (Fsp3) is 0.818. The zero-order valence-electron chi connectivity index (χ0n) is 10.3. The standard InChI is InChI=1S/C11H18INO4/c1-11(2,3)17-10(15)13-7-4-8(6-12)16-9(14)5-7/h7-8H,4-6H2,1-3H3,(H,13,15). The van der Waals surface area contributed by atoms with Gasteiger partial charge in [0.2, 0.25) is 0 Å². The summed E-state index contributed by atoms with van der Waals surface area (Å²) in [6.45, 7) is 5.40. The molecule has 1 amide bonds. The van der Waals surface area contributed by atoms with Gasteiger partial charge < -0.3 is 14.8 Å². The molecule has 98 valence electrons. The van der Waals surface area contributed by atoms with Gasteiger partial charge in [0.1, 0.15) is 11.7 Å². The van der Waals surface area contributed by atoms with Crippen LogP contribution in [0.2, 0.25) is 0 Å². The predicted molar refractivity (Wildman–Crippen MR) is 71.2 cm³/mol. The number of carbonyl (C=O) groups is 2.